The van der Waals surface area contributed by atoms with Crippen molar-refractivity contribution in [1.82, 2.24) is 0 Å². The van der Waals surface area contributed by atoms with E-state index >= 15 is 0 Å². The Morgan fingerprint density at radius 3 is 2.43 bits per heavy atom. The van der Waals surface area contributed by atoms with Crippen molar-refractivity contribution in [3.8, 4) is 0 Å². The van der Waals surface area contributed by atoms with Crippen molar-refractivity contribution in [1.29, 1.82) is 0 Å². The molecule has 1 heterocycles. The van der Waals surface area contributed by atoms with E-state index < -0.39 is 0 Å². The summed E-state index contributed by atoms with van der Waals surface area (Å²) >= 11 is 0. The standard InChI is InChI=1S/C26H38O4/c1-17(27)30-19-8-11-24(4)18(14-19)6-7-20-21(24)9-12-25(5)22(20)10-13-26(25)28-15-23(2,3)16-29-26/h6,14,20-22H,7-13,15-16H2,1-5H3/t20-,21+,22+,24+,25+/m1/s1. The van der Waals surface area contributed by atoms with Crippen LogP contribution in [-0.4, -0.2) is 25.0 Å². The Morgan fingerprint density at radius 1 is 1.03 bits per heavy atom. The van der Waals surface area contributed by atoms with E-state index in [-0.39, 0.29) is 28.0 Å². The van der Waals surface area contributed by atoms with Crippen molar-refractivity contribution in [2.24, 2.45) is 34.0 Å². The first-order valence-corrected chi connectivity index (χ1v) is 12.0. The smallest absolute Gasteiger partial charge is 0.307 e. The summed E-state index contributed by atoms with van der Waals surface area (Å²) in [4.78, 5) is 11.4. The van der Waals surface area contributed by atoms with Gasteiger partial charge in [-0.1, -0.05) is 33.8 Å². The van der Waals surface area contributed by atoms with Crippen molar-refractivity contribution in [3.63, 3.8) is 0 Å². The van der Waals surface area contributed by atoms with Crippen molar-refractivity contribution < 1.29 is 19.0 Å². The molecule has 166 valence electrons. The number of hydrogen-bond acceptors (Lipinski definition) is 4. The molecular weight excluding hydrogens is 376 g/mol. The van der Waals surface area contributed by atoms with Gasteiger partial charge in [0.05, 0.1) is 13.2 Å². The highest BCUT2D eigenvalue weighted by Gasteiger charge is 2.66. The number of esters is 1. The van der Waals surface area contributed by atoms with Crippen LogP contribution < -0.4 is 0 Å². The summed E-state index contributed by atoms with van der Waals surface area (Å²) < 4.78 is 18.6. The summed E-state index contributed by atoms with van der Waals surface area (Å²) in [5, 5.41) is 0. The zero-order chi connectivity index (χ0) is 21.4. The van der Waals surface area contributed by atoms with Crippen LogP contribution in [0.1, 0.15) is 79.6 Å². The second kappa shape index (κ2) is 6.68. The van der Waals surface area contributed by atoms with Crippen LogP contribution in [0.3, 0.4) is 0 Å². The van der Waals surface area contributed by atoms with Gasteiger partial charge in [0.25, 0.3) is 0 Å². The molecule has 4 nitrogen and oxygen atoms in total. The molecule has 0 aromatic carbocycles. The lowest BCUT2D eigenvalue weighted by Gasteiger charge is -2.59. The molecule has 1 aliphatic heterocycles. The van der Waals surface area contributed by atoms with Crippen LogP contribution in [0, 0.1) is 34.0 Å². The molecule has 0 amide bonds. The molecule has 2 saturated carbocycles. The van der Waals surface area contributed by atoms with Crippen LogP contribution in [-0.2, 0) is 19.0 Å². The molecule has 4 heteroatoms. The van der Waals surface area contributed by atoms with Gasteiger partial charge in [-0.05, 0) is 66.9 Å². The highest BCUT2D eigenvalue weighted by atomic mass is 16.7. The number of carbonyl (C=O) groups excluding carboxylic acids is 1. The molecule has 30 heavy (non-hydrogen) atoms. The Morgan fingerprint density at radius 2 is 1.73 bits per heavy atom. The van der Waals surface area contributed by atoms with E-state index in [9.17, 15) is 4.79 Å². The van der Waals surface area contributed by atoms with Gasteiger partial charge in [-0.25, -0.2) is 0 Å². The van der Waals surface area contributed by atoms with Gasteiger partial charge in [0.15, 0.2) is 5.79 Å². The van der Waals surface area contributed by atoms with Crippen molar-refractivity contribution in [2.45, 2.75) is 85.4 Å². The molecule has 0 bridgehead atoms. The first kappa shape index (κ1) is 20.8. The maximum Gasteiger partial charge on any atom is 0.307 e. The number of fused-ring (bicyclic) bond motifs is 6. The Kier molecular flexibility index (Phi) is 4.62. The summed E-state index contributed by atoms with van der Waals surface area (Å²) in [6, 6.07) is 0. The molecule has 5 atom stereocenters. The van der Waals surface area contributed by atoms with Gasteiger partial charge in [-0.15, -0.1) is 0 Å². The van der Waals surface area contributed by atoms with Crippen LogP contribution in [0.5, 0.6) is 0 Å². The van der Waals surface area contributed by atoms with Gasteiger partial charge >= 0.3 is 5.97 Å². The van der Waals surface area contributed by atoms with Gasteiger partial charge in [0.2, 0.25) is 0 Å². The van der Waals surface area contributed by atoms with E-state index in [0.29, 0.717) is 17.8 Å². The molecule has 4 aliphatic carbocycles. The average Bonchev–Trinajstić information content (AvgIpc) is 2.97. The highest BCUT2D eigenvalue weighted by Crippen LogP contribution is 2.68. The predicted molar refractivity (Wildman–Crippen MR) is 115 cm³/mol. The lowest BCUT2D eigenvalue weighted by Crippen LogP contribution is -2.59. The summed E-state index contributed by atoms with van der Waals surface area (Å²) in [5.74, 6) is 2.31. The Balaban J connectivity index is 1.42. The Hall–Kier alpha value is -1.13. The van der Waals surface area contributed by atoms with Gasteiger partial charge in [0.1, 0.15) is 5.76 Å². The van der Waals surface area contributed by atoms with Crippen LogP contribution in [0.4, 0.5) is 0 Å². The molecular formula is C26H38O4. The number of ether oxygens (including phenoxy) is 3. The van der Waals surface area contributed by atoms with E-state index in [0.717, 1.165) is 44.7 Å². The second-order valence-electron chi connectivity index (χ2n) is 11.9. The summed E-state index contributed by atoms with van der Waals surface area (Å²) in [7, 11) is 0. The van der Waals surface area contributed by atoms with Crippen molar-refractivity contribution >= 4 is 5.97 Å². The van der Waals surface area contributed by atoms with Crippen LogP contribution in [0.25, 0.3) is 0 Å². The number of allylic oxidation sites excluding steroid dienone is 4. The molecule has 5 aliphatic rings. The molecule has 3 fully saturated rings. The predicted octanol–water partition coefficient (Wildman–Crippen LogP) is 5.78. The minimum Gasteiger partial charge on any atom is -0.431 e. The molecule has 1 spiro atoms. The topological polar surface area (TPSA) is 44.8 Å². The summed E-state index contributed by atoms with van der Waals surface area (Å²) in [6.45, 7) is 12.5. The maximum absolute atomic E-state index is 11.4. The third-order valence-electron chi connectivity index (χ3n) is 9.44. The molecule has 0 radical (unpaired) electrons. The largest absolute Gasteiger partial charge is 0.431 e. The Bertz CT molecular complexity index is 798. The number of hydrogen-bond donors (Lipinski definition) is 0. The fourth-order valence-corrected chi connectivity index (χ4v) is 7.70. The minimum atomic E-state index is -0.377. The van der Waals surface area contributed by atoms with E-state index in [1.165, 1.54) is 31.8 Å². The molecule has 5 rings (SSSR count). The van der Waals surface area contributed by atoms with Gasteiger partial charge in [0, 0.05) is 30.6 Å². The second-order valence-corrected chi connectivity index (χ2v) is 11.9. The van der Waals surface area contributed by atoms with Gasteiger partial charge < -0.3 is 14.2 Å². The first-order valence-electron chi connectivity index (χ1n) is 12.0. The van der Waals surface area contributed by atoms with Crippen LogP contribution >= 0.6 is 0 Å². The molecule has 0 aromatic heterocycles. The Labute approximate surface area is 181 Å². The van der Waals surface area contributed by atoms with E-state index in [1.807, 2.05) is 0 Å². The third-order valence-corrected chi connectivity index (χ3v) is 9.44. The van der Waals surface area contributed by atoms with Crippen molar-refractivity contribution in [3.05, 3.63) is 23.5 Å². The first-order chi connectivity index (χ1) is 14.1. The fraction of sp³-hybridized carbons (Fsp3) is 0.808. The SMILES string of the molecule is CC(=O)OC1=CC2=CC[C@@H]3[C@H](CC[C@@]4(C)[C@H]3CCC43OCC(C)(C)CO3)[C@@]2(C)CC1. The van der Waals surface area contributed by atoms with Gasteiger partial charge in [-0.2, -0.15) is 0 Å². The third kappa shape index (κ3) is 2.89. The normalized spacial score (nSPS) is 43.7. The number of rotatable bonds is 1. The van der Waals surface area contributed by atoms with Crippen LogP contribution in [0.2, 0.25) is 0 Å². The average molecular weight is 415 g/mol. The quantitative estimate of drug-likeness (QED) is 0.511. The monoisotopic (exact) mass is 414 g/mol. The van der Waals surface area contributed by atoms with Crippen LogP contribution in [0.15, 0.2) is 23.5 Å². The molecule has 0 aromatic rings. The fourth-order valence-electron chi connectivity index (χ4n) is 7.70. The molecule has 1 saturated heterocycles. The summed E-state index contributed by atoms with van der Waals surface area (Å²) in [6.07, 6.45) is 12.4. The van der Waals surface area contributed by atoms with Gasteiger partial charge in [-0.3, -0.25) is 4.79 Å². The zero-order valence-electron chi connectivity index (χ0n) is 19.4. The molecule has 0 N–H and O–H groups in total. The highest BCUT2D eigenvalue weighted by molar-refractivity contribution is 5.67. The van der Waals surface area contributed by atoms with E-state index in [1.54, 1.807) is 0 Å². The lowest BCUT2D eigenvalue weighted by molar-refractivity contribution is -0.346. The summed E-state index contributed by atoms with van der Waals surface area (Å²) in [5.41, 5.74) is 1.81. The van der Waals surface area contributed by atoms with E-state index in [2.05, 4.69) is 39.8 Å². The van der Waals surface area contributed by atoms with Crippen molar-refractivity contribution in [2.75, 3.05) is 13.2 Å². The zero-order valence-corrected chi connectivity index (χ0v) is 19.4. The molecule has 0 unspecified atom stereocenters. The maximum atomic E-state index is 11.4. The number of carbonyl (C=O) groups is 1. The lowest BCUT2D eigenvalue weighted by atomic mass is 9.48. The van der Waals surface area contributed by atoms with E-state index in [4.69, 9.17) is 14.2 Å². The minimum absolute atomic E-state index is 0.111.